The Morgan fingerprint density at radius 2 is 1.86 bits per heavy atom. The van der Waals surface area contributed by atoms with Gasteiger partial charge in [-0.2, -0.15) is 0 Å². The first-order chi connectivity index (χ1) is 10.3. The molecule has 1 fully saturated rings. The molecule has 3 unspecified atom stereocenters. The molecule has 21 heavy (non-hydrogen) atoms. The minimum Gasteiger partial charge on any atom is -0.309 e. The average Bonchev–Trinajstić information content (AvgIpc) is 3.06. The van der Waals surface area contributed by atoms with Gasteiger partial charge in [-0.1, -0.05) is 57.0 Å². The average molecular weight is 308 g/mol. The molecule has 3 atom stereocenters. The van der Waals surface area contributed by atoms with Gasteiger partial charge in [0.05, 0.1) is 5.25 Å². The van der Waals surface area contributed by atoms with Crippen LogP contribution in [0.25, 0.3) is 0 Å². The molecule has 0 saturated heterocycles. The third kappa shape index (κ3) is 4.40. The van der Waals surface area contributed by atoms with E-state index in [1.54, 1.807) is 0 Å². The maximum Gasteiger partial charge on any atom is 0.0543 e. The van der Waals surface area contributed by atoms with Crippen LogP contribution in [-0.4, -0.2) is 21.3 Å². The summed E-state index contributed by atoms with van der Waals surface area (Å²) in [7, 11) is -0.730. The molecule has 0 radical (unpaired) electrons. The van der Waals surface area contributed by atoms with E-state index in [1.807, 2.05) is 0 Å². The predicted molar refractivity (Wildman–Crippen MR) is 92.0 cm³/mol. The molecule has 2 nitrogen and oxygen atoms in total. The Hall–Kier alpha value is -0.670. The molecule has 1 aliphatic carbocycles. The fourth-order valence-electron chi connectivity index (χ4n) is 3.33. The van der Waals surface area contributed by atoms with E-state index in [4.69, 9.17) is 0 Å². The van der Waals surface area contributed by atoms with Crippen LogP contribution in [0.15, 0.2) is 30.3 Å². The van der Waals surface area contributed by atoms with Gasteiger partial charge in [0.2, 0.25) is 0 Å². The Kier molecular flexibility index (Phi) is 6.91. The second-order valence-electron chi connectivity index (χ2n) is 6.02. The van der Waals surface area contributed by atoms with Gasteiger partial charge in [0.25, 0.3) is 0 Å². The Labute approximate surface area is 132 Å². The number of nitrogens with one attached hydrogen (secondary N) is 1. The van der Waals surface area contributed by atoms with Crippen LogP contribution in [0.5, 0.6) is 0 Å². The summed E-state index contributed by atoms with van der Waals surface area (Å²) >= 11 is 0. The van der Waals surface area contributed by atoms with E-state index >= 15 is 0 Å². The Morgan fingerprint density at radius 3 is 2.43 bits per heavy atom. The van der Waals surface area contributed by atoms with Crippen LogP contribution >= 0.6 is 0 Å². The van der Waals surface area contributed by atoms with Gasteiger partial charge in [-0.3, -0.25) is 4.21 Å². The van der Waals surface area contributed by atoms with Crippen molar-refractivity contribution in [3.63, 3.8) is 0 Å². The van der Waals surface area contributed by atoms with Gasteiger partial charge in [0.1, 0.15) is 0 Å². The van der Waals surface area contributed by atoms with Gasteiger partial charge in [0.15, 0.2) is 0 Å². The molecule has 118 valence electrons. The van der Waals surface area contributed by atoms with E-state index in [0.29, 0.717) is 5.25 Å². The highest BCUT2D eigenvalue weighted by molar-refractivity contribution is 7.86. The first-order valence-electron chi connectivity index (χ1n) is 8.45. The van der Waals surface area contributed by atoms with Crippen LogP contribution in [0.3, 0.4) is 0 Å². The van der Waals surface area contributed by atoms with E-state index < -0.39 is 10.8 Å². The van der Waals surface area contributed by atoms with Crippen LogP contribution in [-0.2, 0) is 10.8 Å². The number of hydrogen-bond donors (Lipinski definition) is 1. The van der Waals surface area contributed by atoms with Gasteiger partial charge >= 0.3 is 0 Å². The fourth-order valence-corrected chi connectivity index (χ4v) is 5.47. The fraction of sp³-hybridized carbons (Fsp3) is 0.667. The summed E-state index contributed by atoms with van der Waals surface area (Å²) in [5, 5.41) is 4.29. The van der Waals surface area contributed by atoms with Crippen LogP contribution in [0.2, 0.25) is 0 Å². The molecule has 1 aromatic rings. The minimum absolute atomic E-state index is 0.220. The summed E-state index contributed by atoms with van der Waals surface area (Å²) in [6, 6.07) is 10.8. The third-order valence-electron chi connectivity index (χ3n) is 4.48. The second kappa shape index (κ2) is 8.70. The quantitative estimate of drug-likeness (QED) is 0.780. The number of benzene rings is 1. The van der Waals surface area contributed by atoms with Gasteiger partial charge in [-0.25, -0.2) is 0 Å². The van der Waals surface area contributed by atoms with Crippen molar-refractivity contribution in [2.75, 3.05) is 6.54 Å². The van der Waals surface area contributed by atoms with Crippen molar-refractivity contribution in [1.29, 1.82) is 0 Å². The highest BCUT2D eigenvalue weighted by atomic mass is 32.2. The van der Waals surface area contributed by atoms with Crippen LogP contribution < -0.4 is 5.32 Å². The Bertz CT molecular complexity index is 428. The SMILES string of the molecule is CCCNC(c1ccccc1)C(CC)S(=O)C1CCCC1. The molecule has 1 saturated carbocycles. The van der Waals surface area contributed by atoms with Gasteiger partial charge in [-0.15, -0.1) is 0 Å². The van der Waals surface area contributed by atoms with Gasteiger partial charge < -0.3 is 5.32 Å². The summed E-state index contributed by atoms with van der Waals surface area (Å²) in [6.45, 7) is 5.35. The zero-order valence-corrected chi connectivity index (χ0v) is 14.2. The monoisotopic (exact) mass is 307 g/mol. The maximum atomic E-state index is 13.0. The van der Waals surface area contributed by atoms with E-state index in [9.17, 15) is 4.21 Å². The second-order valence-corrected chi connectivity index (χ2v) is 7.95. The zero-order valence-electron chi connectivity index (χ0n) is 13.4. The molecule has 0 spiro atoms. The molecule has 0 bridgehead atoms. The molecular weight excluding hydrogens is 278 g/mol. The van der Waals surface area contributed by atoms with E-state index in [2.05, 4.69) is 49.5 Å². The van der Waals surface area contributed by atoms with E-state index in [-0.39, 0.29) is 11.3 Å². The molecule has 0 aliphatic heterocycles. The summed E-state index contributed by atoms with van der Waals surface area (Å²) in [5.74, 6) is 0. The van der Waals surface area contributed by atoms with Crippen molar-refractivity contribution >= 4 is 10.8 Å². The molecule has 3 heteroatoms. The predicted octanol–water partition coefficient (Wildman–Crippen LogP) is 4.20. The van der Waals surface area contributed by atoms with E-state index in [0.717, 1.165) is 32.2 Å². The van der Waals surface area contributed by atoms with Crippen molar-refractivity contribution in [2.24, 2.45) is 0 Å². The van der Waals surface area contributed by atoms with Gasteiger partial charge in [0, 0.05) is 22.1 Å². The smallest absolute Gasteiger partial charge is 0.0543 e. The van der Waals surface area contributed by atoms with Crippen molar-refractivity contribution in [3.8, 4) is 0 Å². The van der Waals surface area contributed by atoms with Crippen LogP contribution in [0, 0.1) is 0 Å². The molecule has 1 aliphatic rings. The molecule has 0 heterocycles. The topological polar surface area (TPSA) is 29.1 Å². The molecule has 1 aromatic carbocycles. The Morgan fingerprint density at radius 1 is 1.19 bits per heavy atom. The largest absolute Gasteiger partial charge is 0.309 e. The third-order valence-corrected chi connectivity index (χ3v) is 6.81. The molecule has 0 amide bonds. The van der Waals surface area contributed by atoms with Crippen molar-refractivity contribution in [2.45, 2.75) is 68.9 Å². The summed E-state index contributed by atoms with van der Waals surface area (Å²) < 4.78 is 13.0. The molecule has 0 aromatic heterocycles. The minimum atomic E-state index is -0.730. The summed E-state index contributed by atoms with van der Waals surface area (Å²) in [5.41, 5.74) is 1.28. The lowest BCUT2D eigenvalue weighted by atomic mass is 10.0. The standard InChI is InChI=1S/C18H29NOS/c1-3-14-19-18(15-10-6-5-7-11-15)17(4-2)21(20)16-12-8-9-13-16/h5-7,10-11,16-19H,3-4,8-9,12-14H2,1-2H3. The first kappa shape index (κ1) is 16.7. The lowest BCUT2D eigenvalue weighted by molar-refractivity contribution is 0.492. The normalized spacial score (nSPS) is 20.3. The van der Waals surface area contributed by atoms with Crippen LogP contribution in [0.1, 0.15) is 64.0 Å². The first-order valence-corrected chi connectivity index (χ1v) is 9.73. The molecule has 2 rings (SSSR count). The highest BCUT2D eigenvalue weighted by Gasteiger charge is 2.32. The maximum absolute atomic E-state index is 13.0. The summed E-state index contributed by atoms with van der Waals surface area (Å²) in [6.07, 6.45) is 6.89. The van der Waals surface area contributed by atoms with Crippen molar-refractivity contribution in [1.82, 2.24) is 5.32 Å². The van der Waals surface area contributed by atoms with Gasteiger partial charge in [-0.05, 0) is 37.8 Å². The lowest BCUT2D eigenvalue weighted by Gasteiger charge is -2.29. The summed E-state index contributed by atoms with van der Waals surface area (Å²) in [4.78, 5) is 0. The Balaban J connectivity index is 2.17. The molecule has 1 N–H and O–H groups in total. The van der Waals surface area contributed by atoms with Crippen molar-refractivity contribution < 1.29 is 4.21 Å². The van der Waals surface area contributed by atoms with Crippen LogP contribution in [0.4, 0.5) is 0 Å². The number of hydrogen-bond acceptors (Lipinski definition) is 2. The van der Waals surface area contributed by atoms with E-state index in [1.165, 1.54) is 18.4 Å². The highest BCUT2D eigenvalue weighted by Crippen LogP contribution is 2.31. The molecular formula is C18H29NOS. The lowest BCUT2D eigenvalue weighted by Crippen LogP contribution is -2.38. The zero-order chi connectivity index (χ0) is 15.1. The van der Waals surface area contributed by atoms with Crippen molar-refractivity contribution in [3.05, 3.63) is 35.9 Å². The number of rotatable bonds is 8.